The van der Waals surface area contributed by atoms with E-state index in [0.717, 1.165) is 22.2 Å². The fourth-order valence-electron chi connectivity index (χ4n) is 3.24. The summed E-state index contributed by atoms with van der Waals surface area (Å²) in [6.07, 6.45) is 3.80. The molecule has 2 aromatic carbocycles. The van der Waals surface area contributed by atoms with Gasteiger partial charge in [0.15, 0.2) is 5.65 Å². The molecule has 0 bridgehead atoms. The van der Waals surface area contributed by atoms with E-state index in [2.05, 4.69) is 15.4 Å². The highest BCUT2D eigenvalue weighted by molar-refractivity contribution is 7.89. The lowest BCUT2D eigenvalue weighted by Gasteiger charge is -2.07. The number of hydrogen-bond donors (Lipinski definition) is 2. The van der Waals surface area contributed by atoms with Crippen LogP contribution in [0.25, 0.3) is 11.0 Å². The summed E-state index contributed by atoms with van der Waals surface area (Å²) < 4.78 is 24.4. The molecule has 0 spiro atoms. The first kappa shape index (κ1) is 20.7. The smallest absolute Gasteiger partial charge is 0.252 e. The Morgan fingerprint density at radius 2 is 1.74 bits per heavy atom. The average Bonchev–Trinajstić information content (AvgIpc) is 3.16. The lowest BCUT2D eigenvalue weighted by atomic mass is 10.1. The van der Waals surface area contributed by atoms with Gasteiger partial charge < -0.3 is 5.32 Å². The minimum absolute atomic E-state index is 0.0625. The molecule has 4 rings (SSSR count). The van der Waals surface area contributed by atoms with E-state index in [4.69, 9.17) is 5.14 Å². The van der Waals surface area contributed by atoms with Gasteiger partial charge in [0, 0.05) is 18.1 Å². The summed E-state index contributed by atoms with van der Waals surface area (Å²) in [6.45, 7) is 1.01. The molecule has 2 heterocycles. The van der Waals surface area contributed by atoms with E-state index in [1.54, 1.807) is 35.3 Å². The maximum absolute atomic E-state index is 12.5. The Morgan fingerprint density at radius 3 is 2.45 bits per heavy atom. The maximum atomic E-state index is 12.5. The van der Waals surface area contributed by atoms with Gasteiger partial charge in [-0.15, -0.1) is 0 Å². The van der Waals surface area contributed by atoms with Gasteiger partial charge in [0.25, 0.3) is 5.91 Å². The molecule has 8 nitrogen and oxygen atoms in total. The van der Waals surface area contributed by atoms with Crippen LogP contribution in [0.5, 0.6) is 0 Å². The van der Waals surface area contributed by atoms with Gasteiger partial charge >= 0.3 is 0 Å². The predicted octanol–water partition coefficient (Wildman–Crippen LogP) is 2.10. The Hall–Kier alpha value is -3.56. The number of hydrogen-bond acceptors (Lipinski definition) is 5. The highest BCUT2D eigenvalue weighted by Gasteiger charge is 2.11. The highest BCUT2D eigenvalue weighted by Crippen LogP contribution is 2.15. The molecule has 2 aromatic heterocycles. The molecule has 0 atom stereocenters. The molecular weight excluding hydrogens is 414 g/mol. The van der Waals surface area contributed by atoms with Crippen LogP contribution in [-0.2, 0) is 23.0 Å². The topological polar surface area (TPSA) is 120 Å². The van der Waals surface area contributed by atoms with Gasteiger partial charge in [0.1, 0.15) is 0 Å². The molecule has 9 heteroatoms. The zero-order chi connectivity index (χ0) is 21.8. The minimum Gasteiger partial charge on any atom is -0.352 e. The van der Waals surface area contributed by atoms with Crippen molar-refractivity contribution in [2.45, 2.75) is 17.9 Å². The third-order valence-corrected chi connectivity index (χ3v) is 5.79. The number of benzene rings is 2. The Bertz CT molecular complexity index is 1320. The molecule has 31 heavy (non-hydrogen) atoms. The van der Waals surface area contributed by atoms with Crippen LogP contribution in [0.15, 0.2) is 78.0 Å². The van der Waals surface area contributed by atoms with Gasteiger partial charge in [-0.1, -0.05) is 42.5 Å². The number of nitrogens with one attached hydrogen (secondary N) is 1. The van der Waals surface area contributed by atoms with Crippen molar-refractivity contribution in [3.05, 3.63) is 89.7 Å². The van der Waals surface area contributed by atoms with Crippen molar-refractivity contribution in [3.8, 4) is 0 Å². The van der Waals surface area contributed by atoms with Gasteiger partial charge in [-0.3, -0.25) is 4.79 Å². The largest absolute Gasteiger partial charge is 0.352 e. The molecule has 0 aliphatic carbocycles. The van der Waals surface area contributed by atoms with Crippen LogP contribution in [0.3, 0.4) is 0 Å². The number of pyridine rings is 1. The van der Waals surface area contributed by atoms with Crippen molar-refractivity contribution in [3.63, 3.8) is 0 Å². The number of amides is 1. The summed E-state index contributed by atoms with van der Waals surface area (Å²) in [5.74, 6) is -0.230. The Balaban J connectivity index is 1.38. The van der Waals surface area contributed by atoms with E-state index in [-0.39, 0.29) is 10.8 Å². The van der Waals surface area contributed by atoms with Crippen molar-refractivity contribution >= 4 is 27.0 Å². The van der Waals surface area contributed by atoms with Crippen LogP contribution >= 0.6 is 0 Å². The van der Waals surface area contributed by atoms with Gasteiger partial charge in [0.05, 0.1) is 23.2 Å². The number of aromatic nitrogens is 3. The van der Waals surface area contributed by atoms with Crippen molar-refractivity contribution < 1.29 is 13.2 Å². The van der Waals surface area contributed by atoms with E-state index < -0.39 is 10.0 Å². The number of sulfonamides is 1. The third kappa shape index (κ3) is 4.96. The predicted molar refractivity (Wildman–Crippen MR) is 117 cm³/mol. The van der Waals surface area contributed by atoms with E-state index in [9.17, 15) is 13.2 Å². The normalized spacial score (nSPS) is 11.5. The zero-order valence-corrected chi connectivity index (χ0v) is 17.4. The Labute approximate surface area is 179 Å². The number of nitrogens with zero attached hydrogens (tertiary/aromatic N) is 3. The second-order valence-corrected chi connectivity index (χ2v) is 8.68. The molecule has 0 radical (unpaired) electrons. The van der Waals surface area contributed by atoms with E-state index in [1.807, 2.05) is 30.3 Å². The van der Waals surface area contributed by atoms with Crippen LogP contribution in [0.2, 0.25) is 0 Å². The van der Waals surface area contributed by atoms with E-state index >= 15 is 0 Å². The van der Waals surface area contributed by atoms with Crippen LogP contribution in [0.1, 0.15) is 21.5 Å². The fraction of sp³-hybridized carbons (Fsp3) is 0.136. The summed E-state index contributed by atoms with van der Waals surface area (Å²) in [4.78, 5) is 17.0. The lowest BCUT2D eigenvalue weighted by Crippen LogP contribution is -2.25. The number of fused-ring (bicyclic) bond motifs is 1. The summed E-state index contributed by atoms with van der Waals surface area (Å²) in [5, 5.41) is 13.1. The summed E-state index contributed by atoms with van der Waals surface area (Å²) >= 11 is 0. The van der Waals surface area contributed by atoms with Gasteiger partial charge in [-0.25, -0.2) is 23.2 Å². The number of rotatable bonds is 7. The van der Waals surface area contributed by atoms with Crippen LogP contribution in [-0.4, -0.2) is 35.6 Å². The number of primary sulfonamides is 1. The van der Waals surface area contributed by atoms with Crippen LogP contribution < -0.4 is 10.5 Å². The van der Waals surface area contributed by atoms with Gasteiger partial charge in [0.2, 0.25) is 10.0 Å². The molecular formula is C22H21N5O3S. The van der Waals surface area contributed by atoms with Crippen LogP contribution in [0.4, 0.5) is 0 Å². The first-order valence-corrected chi connectivity index (χ1v) is 11.2. The molecule has 0 aliphatic heterocycles. The number of nitrogens with two attached hydrogens (primary N) is 1. The maximum Gasteiger partial charge on any atom is 0.252 e. The molecule has 0 fully saturated rings. The van der Waals surface area contributed by atoms with Crippen molar-refractivity contribution in [1.29, 1.82) is 0 Å². The van der Waals surface area contributed by atoms with Crippen molar-refractivity contribution in [1.82, 2.24) is 20.1 Å². The zero-order valence-electron chi connectivity index (χ0n) is 16.6. The van der Waals surface area contributed by atoms with Gasteiger partial charge in [-0.2, -0.15) is 5.10 Å². The average molecular weight is 436 g/mol. The van der Waals surface area contributed by atoms with Crippen LogP contribution in [0, 0.1) is 0 Å². The lowest BCUT2D eigenvalue weighted by molar-refractivity contribution is 0.0954. The first-order valence-electron chi connectivity index (χ1n) is 9.65. The highest BCUT2D eigenvalue weighted by atomic mass is 32.2. The minimum atomic E-state index is -3.71. The second kappa shape index (κ2) is 8.66. The molecule has 4 aromatic rings. The summed E-state index contributed by atoms with van der Waals surface area (Å²) in [7, 11) is -3.71. The standard InChI is InChI=1S/C22H21N5O3S/c23-31(29,30)20-8-6-16(7-9-20)10-11-24-22(28)19-12-18-14-26-27(21(18)25-13-19)15-17-4-2-1-3-5-17/h1-9,12-14H,10-11,15H2,(H,24,28)(H2,23,29,30). The summed E-state index contributed by atoms with van der Waals surface area (Å²) in [6, 6.07) is 18.0. The van der Waals surface area contributed by atoms with E-state index in [0.29, 0.717) is 25.1 Å². The molecule has 3 N–H and O–H groups in total. The van der Waals surface area contributed by atoms with Crippen molar-refractivity contribution in [2.24, 2.45) is 5.14 Å². The summed E-state index contributed by atoms with van der Waals surface area (Å²) in [5.41, 5.74) is 3.18. The Morgan fingerprint density at radius 1 is 1.00 bits per heavy atom. The molecule has 0 aliphatic rings. The monoisotopic (exact) mass is 435 g/mol. The van der Waals surface area contributed by atoms with Gasteiger partial charge in [-0.05, 0) is 35.7 Å². The number of carbonyl (C=O) groups is 1. The number of carbonyl (C=O) groups excluding carboxylic acids is 1. The molecule has 0 saturated heterocycles. The molecule has 158 valence electrons. The van der Waals surface area contributed by atoms with E-state index in [1.165, 1.54) is 12.1 Å². The molecule has 0 unspecified atom stereocenters. The quantitative estimate of drug-likeness (QED) is 0.461. The molecule has 0 saturated carbocycles. The Kier molecular flexibility index (Phi) is 5.79. The SMILES string of the molecule is NS(=O)(=O)c1ccc(CCNC(=O)c2cnc3c(cnn3Cc3ccccc3)c2)cc1. The fourth-order valence-corrected chi connectivity index (χ4v) is 3.75. The van der Waals surface area contributed by atoms with Crippen molar-refractivity contribution in [2.75, 3.05) is 6.54 Å². The third-order valence-electron chi connectivity index (χ3n) is 4.86. The first-order chi connectivity index (χ1) is 14.9. The molecule has 1 amide bonds. The second-order valence-electron chi connectivity index (χ2n) is 7.12.